The molecule has 0 aromatic rings. The van der Waals surface area contributed by atoms with Crippen molar-refractivity contribution < 1.29 is 4.79 Å². The van der Waals surface area contributed by atoms with Crippen LogP contribution in [0.3, 0.4) is 0 Å². The summed E-state index contributed by atoms with van der Waals surface area (Å²) in [4.78, 5) is 15.4. The molecule has 0 aromatic carbocycles. The highest BCUT2D eigenvalue weighted by Crippen LogP contribution is 2.08. The highest BCUT2D eigenvalue weighted by molar-refractivity contribution is 5.75. The molecule has 100 valence electrons. The van der Waals surface area contributed by atoms with Gasteiger partial charge in [0.15, 0.2) is 0 Å². The molecule has 0 bridgehead atoms. The Morgan fingerprint density at radius 1 is 1.12 bits per heavy atom. The number of nitrogens with zero attached hydrogens (tertiary/aromatic N) is 2. The smallest absolute Gasteiger partial charge is 0.231 e. The van der Waals surface area contributed by atoms with Gasteiger partial charge < -0.3 is 10.6 Å². The zero-order chi connectivity index (χ0) is 12.7. The fourth-order valence-electron chi connectivity index (χ4n) is 2.28. The van der Waals surface area contributed by atoms with Gasteiger partial charge in [-0.3, -0.25) is 9.69 Å². The quantitative estimate of drug-likeness (QED) is 0.674. The first-order valence-corrected chi connectivity index (χ1v) is 6.81. The van der Waals surface area contributed by atoms with Gasteiger partial charge in [0.05, 0.1) is 6.54 Å². The number of carbonyl (C=O) groups excluding carboxylic acids is 1. The number of primary amides is 1. The van der Waals surface area contributed by atoms with Crippen LogP contribution in [-0.4, -0.2) is 55.0 Å². The van der Waals surface area contributed by atoms with Crippen molar-refractivity contribution in [3.63, 3.8) is 0 Å². The fraction of sp³-hybridized carbons (Fsp3) is 0.923. The van der Waals surface area contributed by atoms with Gasteiger partial charge in [-0.15, -0.1) is 0 Å². The number of hydrogen-bond acceptors (Lipinski definition) is 3. The minimum absolute atomic E-state index is 0.213. The first-order chi connectivity index (χ1) is 8.08. The van der Waals surface area contributed by atoms with Gasteiger partial charge in [0.2, 0.25) is 5.91 Å². The lowest BCUT2D eigenvalue weighted by Crippen LogP contribution is -2.48. The van der Waals surface area contributed by atoms with E-state index in [1.807, 2.05) is 0 Å². The third-order valence-electron chi connectivity index (χ3n) is 3.35. The van der Waals surface area contributed by atoms with E-state index in [0.29, 0.717) is 6.54 Å². The molecule has 0 aliphatic carbocycles. The van der Waals surface area contributed by atoms with Gasteiger partial charge in [0, 0.05) is 26.2 Å². The Morgan fingerprint density at radius 2 is 1.71 bits per heavy atom. The number of unbranched alkanes of at least 4 members (excludes halogenated alkanes) is 1. The van der Waals surface area contributed by atoms with E-state index in [1.54, 1.807) is 0 Å². The molecule has 1 aliphatic heterocycles. The van der Waals surface area contributed by atoms with E-state index < -0.39 is 0 Å². The lowest BCUT2D eigenvalue weighted by molar-refractivity contribution is -0.119. The van der Waals surface area contributed by atoms with Crippen LogP contribution in [-0.2, 0) is 4.79 Å². The van der Waals surface area contributed by atoms with Crippen molar-refractivity contribution in [2.75, 3.05) is 39.3 Å². The van der Waals surface area contributed by atoms with Crippen LogP contribution < -0.4 is 5.73 Å². The van der Waals surface area contributed by atoms with Gasteiger partial charge in [-0.1, -0.05) is 26.7 Å². The first-order valence-electron chi connectivity index (χ1n) is 6.81. The minimum atomic E-state index is -0.213. The van der Waals surface area contributed by atoms with Crippen molar-refractivity contribution >= 4 is 5.91 Å². The van der Waals surface area contributed by atoms with Crippen LogP contribution in [0, 0.1) is 5.92 Å². The second kappa shape index (κ2) is 7.67. The van der Waals surface area contributed by atoms with Gasteiger partial charge in [-0.05, 0) is 18.9 Å². The Labute approximate surface area is 105 Å². The standard InChI is InChI=1S/C13H27N3O/c1-12(2)5-3-4-6-15-7-9-16(10-8-15)11-13(14)17/h12H,3-11H2,1-2H3,(H2,14,17). The van der Waals surface area contributed by atoms with Crippen LogP contribution in [0.5, 0.6) is 0 Å². The molecule has 0 unspecified atom stereocenters. The molecule has 1 fully saturated rings. The Bertz CT molecular complexity index is 223. The Hall–Kier alpha value is -0.610. The topological polar surface area (TPSA) is 49.6 Å². The predicted octanol–water partition coefficient (Wildman–Crippen LogP) is 0.916. The normalized spacial score (nSPS) is 18.8. The van der Waals surface area contributed by atoms with Crippen molar-refractivity contribution in [2.24, 2.45) is 11.7 Å². The van der Waals surface area contributed by atoms with E-state index >= 15 is 0 Å². The molecule has 0 saturated carbocycles. The SMILES string of the molecule is CC(C)CCCCN1CCN(CC(N)=O)CC1. The highest BCUT2D eigenvalue weighted by Gasteiger charge is 2.17. The number of amides is 1. The summed E-state index contributed by atoms with van der Waals surface area (Å²) in [6, 6.07) is 0. The van der Waals surface area contributed by atoms with Crippen LogP contribution in [0.1, 0.15) is 33.1 Å². The zero-order valence-electron chi connectivity index (χ0n) is 11.3. The van der Waals surface area contributed by atoms with Gasteiger partial charge in [-0.2, -0.15) is 0 Å². The number of rotatable bonds is 7. The molecule has 4 heteroatoms. The molecule has 1 heterocycles. The zero-order valence-corrected chi connectivity index (χ0v) is 11.3. The van der Waals surface area contributed by atoms with E-state index in [0.717, 1.165) is 32.1 Å². The molecule has 17 heavy (non-hydrogen) atoms. The van der Waals surface area contributed by atoms with Crippen LogP contribution in [0.4, 0.5) is 0 Å². The molecule has 0 spiro atoms. The molecular formula is C13H27N3O. The van der Waals surface area contributed by atoms with Crippen molar-refractivity contribution in [3.8, 4) is 0 Å². The van der Waals surface area contributed by atoms with Crippen LogP contribution in [0.15, 0.2) is 0 Å². The molecule has 4 nitrogen and oxygen atoms in total. The molecule has 2 N–H and O–H groups in total. The maximum Gasteiger partial charge on any atom is 0.231 e. The van der Waals surface area contributed by atoms with E-state index in [1.165, 1.54) is 25.8 Å². The highest BCUT2D eigenvalue weighted by atomic mass is 16.1. The monoisotopic (exact) mass is 241 g/mol. The average molecular weight is 241 g/mol. The summed E-state index contributed by atoms with van der Waals surface area (Å²) in [6.45, 7) is 10.3. The van der Waals surface area contributed by atoms with Crippen LogP contribution in [0.2, 0.25) is 0 Å². The molecule has 0 radical (unpaired) electrons. The molecule has 0 atom stereocenters. The van der Waals surface area contributed by atoms with Crippen molar-refractivity contribution in [3.05, 3.63) is 0 Å². The summed E-state index contributed by atoms with van der Waals surface area (Å²) in [6.07, 6.45) is 3.97. The average Bonchev–Trinajstić information content (AvgIpc) is 2.25. The lowest BCUT2D eigenvalue weighted by Gasteiger charge is -2.34. The van der Waals surface area contributed by atoms with E-state index in [-0.39, 0.29) is 5.91 Å². The largest absolute Gasteiger partial charge is 0.369 e. The maximum atomic E-state index is 10.8. The second-order valence-corrected chi connectivity index (χ2v) is 5.47. The third-order valence-corrected chi connectivity index (χ3v) is 3.35. The summed E-state index contributed by atoms with van der Waals surface area (Å²) in [5.41, 5.74) is 5.19. The van der Waals surface area contributed by atoms with Gasteiger partial charge in [-0.25, -0.2) is 0 Å². The first kappa shape index (κ1) is 14.5. The summed E-state index contributed by atoms with van der Waals surface area (Å²) in [5.74, 6) is 0.609. The fourth-order valence-corrected chi connectivity index (χ4v) is 2.28. The Kier molecular flexibility index (Phi) is 6.52. The predicted molar refractivity (Wildman–Crippen MR) is 70.8 cm³/mol. The maximum absolute atomic E-state index is 10.8. The van der Waals surface area contributed by atoms with Crippen molar-refractivity contribution in [1.82, 2.24) is 9.80 Å². The number of nitrogens with two attached hydrogens (primary N) is 1. The van der Waals surface area contributed by atoms with E-state index in [9.17, 15) is 4.79 Å². The van der Waals surface area contributed by atoms with Gasteiger partial charge >= 0.3 is 0 Å². The molecule has 1 aliphatic rings. The summed E-state index contributed by atoms with van der Waals surface area (Å²) >= 11 is 0. The molecule has 0 aromatic heterocycles. The third kappa shape index (κ3) is 6.64. The van der Waals surface area contributed by atoms with Crippen molar-refractivity contribution in [1.29, 1.82) is 0 Å². The number of piperazine rings is 1. The summed E-state index contributed by atoms with van der Waals surface area (Å²) < 4.78 is 0. The molecule has 1 saturated heterocycles. The van der Waals surface area contributed by atoms with E-state index in [4.69, 9.17) is 5.73 Å². The minimum Gasteiger partial charge on any atom is -0.369 e. The molecule has 1 amide bonds. The number of carbonyl (C=O) groups is 1. The second-order valence-electron chi connectivity index (χ2n) is 5.47. The molecular weight excluding hydrogens is 214 g/mol. The van der Waals surface area contributed by atoms with Crippen molar-refractivity contribution in [2.45, 2.75) is 33.1 Å². The summed E-state index contributed by atoms with van der Waals surface area (Å²) in [7, 11) is 0. The Morgan fingerprint density at radius 3 is 2.24 bits per heavy atom. The van der Waals surface area contributed by atoms with Crippen LogP contribution in [0.25, 0.3) is 0 Å². The van der Waals surface area contributed by atoms with Crippen LogP contribution >= 0.6 is 0 Å². The Balaban J connectivity index is 2.05. The van der Waals surface area contributed by atoms with E-state index in [2.05, 4.69) is 23.6 Å². The summed E-state index contributed by atoms with van der Waals surface area (Å²) in [5, 5.41) is 0. The lowest BCUT2D eigenvalue weighted by atomic mass is 10.1. The number of hydrogen-bond donors (Lipinski definition) is 1. The van der Waals surface area contributed by atoms with Gasteiger partial charge in [0.1, 0.15) is 0 Å². The molecule has 1 rings (SSSR count). The van der Waals surface area contributed by atoms with Gasteiger partial charge in [0.25, 0.3) is 0 Å².